The molecule has 3 rings (SSSR count). The zero-order valence-corrected chi connectivity index (χ0v) is 15.4. The van der Waals surface area contributed by atoms with Crippen LogP contribution in [0.1, 0.15) is 18.1 Å². The standard InChI is InChI=1S/C22H21FN2O3/c1-2-28-22(27)20(13-16-14-24-19-6-4-3-5-18(16)19)25-21(26)12-9-15-7-10-17(23)11-8-15/h3-12,14,20,24H,2,13H2,1H3,(H,25,26). The SMILES string of the molecule is CCOC(=O)C(Cc1c[nH]c2ccccc12)NC(=O)C=Cc1ccc(F)cc1. The van der Waals surface area contributed by atoms with Crippen LogP contribution < -0.4 is 5.32 Å². The average molecular weight is 380 g/mol. The van der Waals surface area contributed by atoms with Crippen LogP contribution in [0.5, 0.6) is 0 Å². The topological polar surface area (TPSA) is 71.2 Å². The first kappa shape index (κ1) is 19.4. The number of carbonyl (C=O) groups excluding carboxylic acids is 2. The van der Waals surface area contributed by atoms with Crippen molar-refractivity contribution in [2.75, 3.05) is 6.61 Å². The molecule has 2 aromatic carbocycles. The Morgan fingerprint density at radius 2 is 1.93 bits per heavy atom. The molecule has 2 N–H and O–H groups in total. The lowest BCUT2D eigenvalue weighted by atomic mass is 10.0. The monoisotopic (exact) mass is 380 g/mol. The Morgan fingerprint density at radius 3 is 2.68 bits per heavy atom. The first-order valence-corrected chi connectivity index (χ1v) is 9.02. The Balaban J connectivity index is 1.73. The highest BCUT2D eigenvalue weighted by molar-refractivity contribution is 5.95. The molecule has 1 heterocycles. The van der Waals surface area contributed by atoms with Gasteiger partial charge in [0.15, 0.2) is 0 Å². The fraction of sp³-hybridized carbons (Fsp3) is 0.182. The summed E-state index contributed by atoms with van der Waals surface area (Å²) >= 11 is 0. The van der Waals surface area contributed by atoms with Gasteiger partial charge in [0.2, 0.25) is 5.91 Å². The molecule has 1 amide bonds. The molecule has 0 spiro atoms. The minimum Gasteiger partial charge on any atom is -0.464 e. The van der Waals surface area contributed by atoms with Gasteiger partial charge < -0.3 is 15.0 Å². The van der Waals surface area contributed by atoms with Crippen LogP contribution in [-0.4, -0.2) is 29.5 Å². The minimum absolute atomic E-state index is 0.227. The zero-order chi connectivity index (χ0) is 19.9. The first-order valence-electron chi connectivity index (χ1n) is 9.02. The number of amides is 1. The number of H-pyrrole nitrogens is 1. The predicted octanol–water partition coefficient (Wildman–Crippen LogP) is 3.61. The minimum atomic E-state index is -0.815. The number of esters is 1. The highest BCUT2D eigenvalue weighted by atomic mass is 19.1. The fourth-order valence-corrected chi connectivity index (χ4v) is 2.92. The number of para-hydroxylation sites is 1. The molecule has 1 aromatic heterocycles. The third kappa shape index (κ3) is 4.85. The molecule has 5 nitrogen and oxygen atoms in total. The molecule has 28 heavy (non-hydrogen) atoms. The van der Waals surface area contributed by atoms with Crippen LogP contribution in [0, 0.1) is 5.82 Å². The predicted molar refractivity (Wildman–Crippen MR) is 106 cm³/mol. The lowest BCUT2D eigenvalue weighted by molar-refractivity contribution is -0.146. The molecule has 6 heteroatoms. The number of hydrogen-bond donors (Lipinski definition) is 2. The second-order valence-electron chi connectivity index (χ2n) is 6.26. The van der Waals surface area contributed by atoms with Gasteiger partial charge in [-0.2, -0.15) is 0 Å². The molecule has 0 bridgehead atoms. The Kier molecular flexibility index (Phi) is 6.22. The Bertz CT molecular complexity index is 992. The summed E-state index contributed by atoms with van der Waals surface area (Å²) in [5.41, 5.74) is 2.56. The van der Waals surface area contributed by atoms with Gasteiger partial charge in [0.1, 0.15) is 11.9 Å². The molecule has 3 aromatic rings. The molecule has 144 valence electrons. The number of aromatic nitrogens is 1. The van der Waals surface area contributed by atoms with E-state index in [9.17, 15) is 14.0 Å². The van der Waals surface area contributed by atoms with Gasteiger partial charge >= 0.3 is 5.97 Å². The van der Waals surface area contributed by atoms with E-state index in [0.717, 1.165) is 16.5 Å². The van der Waals surface area contributed by atoms with E-state index in [4.69, 9.17) is 4.74 Å². The van der Waals surface area contributed by atoms with Gasteiger partial charge in [-0.15, -0.1) is 0 Å². The number of hydrogen-bond acceptors (Lipinski definition) is 3. The van der Waals surface area contributed by atoms with Crippen molar-refractivity contribution in [1.29, 1.82) is 0 Å². The summed E-state index contributed by atoms with van der Waals surface area (Å²) in [4.78, 5) is 27.8. The zero-order valence-electron chi connectivity index (χ0n) is 15.4. The molecule has 0 aliphatic carbocycles. The van der Waals surface area contributed by atoms with E-state index in [-0.39, 0.29) is 12.4 Å². The van der Waals surface area contributed by atoms with E-state index in [1.165, 1.54) is 18.2 Å². The molecule has 0 aliphatic rings. The smallest absolute Gasteiger partial charge is 0.328 e. The summed E-state index contributed by atoms with van der Waals surface area (Å²) in [6.45, 7) is 1.95. The van der Waals surface area contributed by atoms with Gasteiger partial charge in [-0.05, 0) is 42.3 Å². The number of carbonyl (C=O) groups is 2. The van der Waals surface area contributed by atoms with Crippen molar-refractivity contribution in [3.63, 3.8) is 0 Å². The van der Waals surface area contributed by atoms with Crippen LogP contribution in [0.4, 0.5) is 4.39 Å². The van der Waals surface area contributed by atoms with E-state index in [1.807, 2.05) is 30.5 Å². The van der Waals surface area contributed by atoms with Crippen LogP contribution in [0.2, 0.25) is 0 Å². The lowest BCUT2D eigenvalue weighted by Crippen LogP contribution is -2.42. The third-order valence-electron chi connectivity index (χ3n) is 4.28. The number of nitrogens with one attached hydrogen (secondary N) is 2. The van der Waals surface area contributed by atoms with Crippen LogP contribution in [0.25, 0.3) is 17.0 Å². The van der Waals surface area contributed by atoms with Gasteiger partial charge in [-0.25, -0.2) is 9.18 Å². The van der Waals surface area contributed by atoms with Crippen molar-refractivity contribution in [1.82, 2.24) is 10.3 Å². The quantitative estimate of drug-likeness (QED) is 0.486. The Hall–Kier alpha value is -3.41. The number of aromatic amines is 1. The van der Waals surface area contributed by atoms with E-state index in [1.54, 1.807) is 25.1 Å². The molecule has 0 saturated carbocycles. The van der Waals surface area contributed by atoms with Gasteiger partial charge in [0.25, 0.3) is 0 Å². The summed E-state index contributed by atoms with van der Waals surface area (Å²) in [5.74, 6) is -1.26. The van der Waals surface area contributed by atoms with Crippen LogP contribution >= 0.6 is 0 Å². The van der Waals surface area contributed by atoms with E-state index in [0.29, 0.717) is 12.0 Å². The van der Waals surface area contributed by atoms with Gasteiger partial charge in [0, 0.05) is 29.6 Å². The summed E-state index contributed by atoms with van der Waals surface area (Å²) in [7, 11) is 0. The molecule has 0 saturated heterocycles. The number of rotatable bonds is 7. The van der Waals surface area contributed by atoms with Gasteiger partial charge in [-0.1, -0.05) is 30.3 Å². The van der Waals surface area contributed by atoms with Crippen LogP contribution in [-0.2, 0) is 20.7 Å². The number of ether oxygens (including phenoxy) is 1. The number of fused-ring (bicyclic) bond motifs is 1. The van der Waals surface area contributed by atoms with E-state index >= 15 is 0 Å². The first-order chi connectivity index (χ1) is 13.6. The Labute approximate surface area is 162 Å². The van der Waals surface area contributed by atoms with Gasteiger partial charge in [-0.3, -0.25) is 4.79 Å². The fourth-order valence-electron chi connectivity index (χ4n) is 2.92. The second-order valence-corrected chi connectivity index (χ2v) is 6.26. The molecule has 1 unspecified atom stereocenters. The molecule has 0 radical (unpaired) electrons. The largest absolute Gasteiger partial charge is 0.464 e. The summed E-state index contributed by atoms with van der Waals surface area (Å²) < 4.78 is 18.1. The maximum absolute atomic E-state index is 13.0. The number of halogens is 1. The van der Waals surface area contributed by atoms with Crippen molar-refractivity contribution in [3.05, 3.63) is 77.7 Å². The van der Waals surface area contributed by atoms with Gasteiger partial charge in [0.05, 0.1) is 6.61 Å². The van der Waals surface area contributed by atoms with E-state index < -0.39 is 17.9 Å². The van der Waals surface area contributed by atoms with E-state index in [2.05, 4.69) is 10.3 Å². The highest BCUT2D eigenvalue weighted by Gasteiger charge is 2.23. The average Bonchev–Trinajstić information content (AvgIpc) is 3.10. The number of benzene rings is 2. The summed E-state index contributed by atoms with van der Waals surface area (Å²) in [6.07, 6.45) is 5.01. The van der Waals surface area contributed by atoms with Crippen molar-refractivity contribution < 1.29 is 18.7 Å². The maximum Gasteiger partial charge on any atom is 0.328 e. The molecular formula is C22H21FN2O3. The van der Waals surface area contributed by atoms with Crippen molar-refractivity contribution in [2.45, 2.75) is 19.4 Å². The van der Waals surface area contributed by atoms with Crippen molar-refractivity contribution in [2.24, 2.45) is 0 Å². The molecular weight excluding hydrogens is 359 g/mol. The highest BCUT2D eigenvalue weighted by Crippen LogP contribution is 2.19. The molecule has 0 aliphatic heterocycles. The Morgan fingerprint density at radius 1 is 1.18 bits per heavy atom. The molecule has 0 fully saturated rings. The van der Waals surface area contributed by atoms with Crippen LogP contribution in [0.15, 0.2) is 60.8 Å². The summed E-state index contributed by atoms with van der Waals surface area (Å²) in [5, 5.41) is 3.69. The third-order valence-corrected chi connectivity index (χ3v) is 4.28. The van der Waals surface area contributed by atoms with Crippen LogP contribution in [0.3, 0.4) is 0 Å². The van der Waals surface area contributed by atoms with Crippen molar-refractivity contribution in [3.8, 4) is 0 Å². The normalized spacial score (nSPS) is 12.2. The maximum atomic E-state index is 13.0. The summed E-state index contributed by atoms with van der Waals surface area (Å²) in [6, 6.07) is 12.7. The van der Waals surface area contributed by atoms with Crippen molar-refractivity contribution >= 4 is 28.9 Å². The second kappa shape index (κ2) is 8.99. The lowest BCUT2D eigenvalue weighted by Gasteiger charge is -2.16. The molecule has 1 atom stereocenters.